The number of aliphatic hydroxyl groups is 1. The summed E-state index contributed by atoms with van der Waals surface area (Å²) in [4.78, 5) is 28.3. The van der Waals surface area contributed by atoms with E-state index < -0.39 is 17.7 Å². The predicted molar refractivity (Wildman–Crippen MR) is 137 cm³/mol. The Morgan fingerprint density at radius 2 is 1.84 bits per heavy atom. The molecule has 0 radical (unpaired) electrons. The summed E-state index contributed by atoms with van der Waals surface area (Å²) >= 11 is 0. The van der Waals surface area contributed by atoms with Crippen molar-refractivity contribution >= 4 is 23.1 Å². The number of ketones is 1. The first-order valence-electron chi connectivity index (χ1n) is 12.2. The van der Waals surface area contributed by atoms with Gasteiger partial charge in [0.15, 0.2) is 11.5 Å². The van der Waals surface area contributed by atoms with Crippen LogP contribution in [0.4, 0.5) is 5.69 Å². The first-order valence-corrected chi connectivity index (χ1v) is 12.2. The van der Waals surface area contributed by atoms with Crippen LogP contribution in [0, 0.1) is 0 Å². The number of hydrogen-bond acceptors (Lipinski definition) is 7. The molecule has 5 rings (SSSR count). The molecule has 1 fully saturated rings. The number of anilines is 1. The van der Waals surface area contributed by atoms with Gasteiger partial charge in [0.05, 0.1) is 31.4 Å². The Labute approximate surface area is 214 Å². The van der Waals surface area contributed by atoms with Crippen LogP contribution in [0.5, 0.6) is 23.0 Å². The maximum Gasteiger partial charge on any atom is 0.300 e. The molecule has 0 aromatic heterocycles. The van der Waals surface area contributed by atoms with Gasteiger partial charge >= 0.3 is 0 Å². The van der Waals surface area contributed by atoms with Gasteiger partial charge in [-0.05, 0) is 67.4 Å². The quantitative estimate of drug-likeness (QED) is 0.273. The molecule has 3 aromatic carbocycles. The molecule has 1 atom stereocenters. The van der Waals surface area contributed by atoms with Crippen molar-refractivity contribution in [2.45, 2.75) is 26.3 Å². The van der Waals surface area contributed by atoms with Crippen LogP contribution < -0.4 is 19.1 Å². The number of rotatable bonds is 7. The Bertz CT molecular complexity index is 1410. The summed E-state index contributed by atoms with van der Waals surface area (Å²) in [5, 5.41) is 21.7. The highest BCUT2D eigenvalue weighted by Gasteiger charge is 2.47. The fraction of sp³-hybridized carbons (Fsp3) is 0.241. The number of aliphatic hydroxyl groups excluding tert-OH is 1. The Morgan fingerprint density at radius 1 is 1.03 bits per heavy atom. The normalized spacial score (nSPS) is 18.0. The molecule has 8 heteroatoms. The molecule has 8 nitrogen and oxygen atoms in total. The number of amides is 1. The zero-order valence-corrected chi connectivity index (χ0v) is 20.6. The molecule has 0 bridgehead atoms. The van der Waals surface area contributed by atoms with E-state index in [1.807, 2.05) is 6.92 Å². The molecule has 0 aliphatic carbocycles. The van der Waals surface area contributed by atoms with Gasteiger partial charge in [-0.15, -0.1) is 0 Å². The molecule has 190 valence electrons. The van der Waals surface area contributed by atoms with Crippen LogP contribution in [0.3, 0.4) is 0 Å². The summed E-state index contributed by atoms with van der Waals surface area (Å²) in [6.07, 6.45) is 0.689. The van der Waals surface area contributed by atoms with E-state index in [0.717, 1.165) is 11.3 Å². The zero-order valence-electron chi connectivity index (χ0n) is 20.6. The summed E-state index contributed by atoms with van der Waals surface area (Å²) in [5.41, 5.74) is 2.21. The van der Waals surface area contributed by atoms with E-state index in [9.17, 15) is 19.8 Å². The van der Waals surface area contributed by atoms with Crippen LogP contribution in [-0.4, -0.2) is 41.7 Å². The van der Waals surface area contributed by atoms with E-state index in [4.69, 9.17) is 14.2 Å². The second kappa shape index (κ2) is 9.89. The number of hydrogen-bond donors (Lipinski definition) is 2. The lowest BCUT2D eigenvalue weighted by atomic mass is 9.94. The number of Topliss-reactive ketones (excluding diaryl/α,β-unsaturated/α-hetero) is 1. The SMILES string of the molecule is CCOc1cccc(N2C(=O)C(=O)/C(=C(/O)c3ccc4c(c3)CCO4)C2c2ccc(O)c(OCC)c2)c1. The minimum atomic E-state index is -0.971. The monoisotopic (exact) mass is 501 g/mol. The van der Waals surface area contributed by atoms with Crippen LogP contribution in [0.15, 0.2) is 66.2 Å². The number of nitrogens with zero attached hydrogens (tertiary/aromatic N) is 1. The Balaban J connectivity index is 1.70. The molecule has 1 saturated heterocycles. The standard InChI is InChI=1S/C29H27NO7/c1-3-35-21-7-5-6-20(16-21)30-26(18-8-10-22(31)24(15-18)36-4-2)25(28(33)29(30)34)27(32)19-9-11-23-17(14-19)12-13-37-23/h5-11,14-16,26,31-32H,3-4,12-13H2,1-2H3/b27-25+. The van der Waals surface area contributed by atoms with Gasteiger partial charge in [-0.3, -0.25) is 14.5 Å². The van der Waals surface area contributed by atoms with Gasteiger partial charge in [-0.2, -0.15) is 0 Å². The Kier molecular flexibility index (Phi) is 6.48. The summed E-state index contributed by atoms with van der Waals surface area (Å²) in [6, 6.07) is 15.7. The second-order valence-corrected chi connectivity index (χ2v) is 8.68. The molecule has 2 N–H and O–H groups in total. The first-order chi connectivity index (χ1) is 17.9. The summed E-state index contributed by atoms with van der Waals surface area (Å²) in [5.74, 6) is -0.459. The van der Waals surface area contributed by atoms with Gasteiger partial charge in [-0.1, -0.05) is 12.1 Å². The molecule has 1 unspecified atom stereocenters. The molecule has 2 aliphatic rings. The van der Waals surface area contributed by atoms with Crippen molar-refractivity contribution < 1.29 is 34.0 Å². The summed E-state index contributed by atoms with van der Waals surface area (Å²) in [6.45, 7) is 4.93. The van der Waals surface area contributed by atoms with E-state index in [2.05, 4.69) is 0 Å². The third-order valence-electron chi connectivity index (χ3n) is 6.41. The fourth-order valence-corrected chi connectivity index (χ4v) is 4.77. The lowest BCUT2D eigenvalue weighted by molar-refractivity contribution is -0.132. The number of aromatic hydroxyl groups is 1. The number of phenolic OH excluding ortho intramolecular Hbond substituents is 1. The Hall–Kier alpha value is -4.46. The van der Waals surface area contributed by atoms with Crippen molar-refractivity contribution in [3.63, 3.8) is 0 Å². The highest BCUT2D eigenvalue weighted by Crippen LogP contribution is 2.45. The minimum absolute atomic E-state index is 0.0567. The largest absolute Gasteiger partial charge is 0.507 e. The molecule has 1 amide bonds. The van der Waals surface area contributed by atoms with E-state index in [1.165, 1.54) is 11.0 Å². The van der Waals surface area contributed by atoms with Crippen LogP contribution in [0.1, 0.15) is 36.6 Å². The van der Waals surface area contributed by atoms with Gasteiger partial charge in [0.25, 0.3) is 11.7 Å². The predicted octanol–water partition coefficient (Wildman–Crippen LogP) is 4.75. The number of benzene rings is 3. The van der Waals surface area contributed by atoms with Crippen LogP contribution in [0.2, 0.25) is 0 Å². The first kappa shape index (κ1) is 24.2. The van der Waals surface area contributed by atoms with Crippen LogP contribution in [0.25, 0.3) is 5.76 Å². The average molecular weight is 502 g/mol. The van der Waals surface area contributed by atoms with Crippen molar-refractivity contribution in [3.05, 3.63) is 82.9 Å². The fourth-order valence-electron chi connectivity index (χ4n) is 4.77. The number of carbonyl (C=O) groups excluding carboxylic acids is 2. The number of carbonyl (C=O) groups is 2. The van der Waals surface area contributed by atoms with Gasteiger partial charge in [0, 0.05) is 23.7 Å². The molecule has 3 aromatic rings. The summed E-state index contributed by atoms with van der Waals surface area (Å²) < 4.78 is 16.7. The van der Waals surface area contributed by atoms with Crippen LogP contribution in [-0.2, 0) is 16.0 Å². The highest BCUT2D eigenvalue weighted by molar-refractivity contribution is 6.51. The van der Waals surface area contributed by atoms with Crippen molar-refractivity contribution in [3.8, 4) is 23.0 Å². The lowest BCUT2D eigenvalue weighted by Crippen LogP contribution is -2.29. The lowest BCUT2D eigenvalue weighted by Gasteiger charge is -2.26. The van der Waals surface area contributed by atoms with E-state index in [1.54, 1.807) is 61.5 Å². The van der Waals surface area contributed by atoms with Gasteiger partial charge in [-0.25, -0.2) is 0 Å². The highest BCUT2D eigenvalue weighted by atomic mass is 16.5. The third-order valence-corrected chi connectivity index (χ3v) is 6.41. The maximum absolute atomic E-state index is 13.5. The van der Waals surface area contributed by atoms with Crippen molar-refractivity contribution in [2.24, 2.45) is 0 Å². The molecule has 0 spiro atoms. The maximum atomic E-state index is 13.5. The van der Waals surface area contributed by atoms with Gasteiger partial charge in [0.2, 0.25) is 0 Å². The molecule has 0 saturated carbocycles. The molecule has 2 aliphatic heterocycles. The molecule has 2 heterocycles. The van der Waals surface area contributed by atoms with Crippen molar-refractivity contribution in [2.75, 3.05) is 24.7 Å². The van der Waals surface area contributed by atoms with Gasteiger partial charge < -0.3 is 24.4 Å². The van der Waals surface area contributed by atoms with E-state index in [-0.39, 0.29) is 22.8 Å². The molecule has 37 heavy (non-hydrogen) atoms. The smallest absolute Gasteiger partial charge is 0.300 e. The Morgan fingerprint density at radius 3 is 2.62 bits per heavy atom. The number of ether oxygens (including phenoxy) is 3. The zero-order chi connectivity index (χ0) is 26.1. The average Bonchev–Trinajstić information content (AvgIpc) is 3.47. The van der Waals surface area contributed by atoms with Crippen molar-refractivity contribution in [1.82, 2.24) is 0 Å². The molecular formula is C29H27NO7. The van der Waals surface area contributed by atoms with Crippen LogP contribution >= 0.6 is 0 Å². The number of phenols is 1. The van der Waals surface area contributed by atoms with Gasteiger partial charge in [0.1, 0.15) is 17.3 Å². The summed E-state index contributed by atoms with van der Waals surface area (Å²) in [7, 11) is 0. The topological polar surface area (TPSA) is 106 Å². The minimum Gasteiger partial charge on any atom is -0.507 e. The second-order valence-electron chi connectivity index (χ2n) is 8.68. The van der Waals surface area contributed by atoms with E-state index >= 15 is 0 Å². The van der Waals surface area contributed by atoms with E-state index in [0.29, 0.717) is 48.8 Å². The van der Waals surface area contributed by atoms with Crippen molar-refractivity contribution in [1.29, 1.82) is 0 Å². The number of fused-ring (bicyclic) bond motifs is 1. The molecular weight excluding hydrogens is 474 g/mol. The third kappa shape index (κ3) is 4.35.